The monoisotopic (exact) mass is 229 g/mol. The van der Waals surface area contributed by atoms with E-state index in [0.717, 1.165) is 24.2 Å². The van der Waals surface area contributed by atoms with Gasteiger partial charge in [-0.2, -0.15) is 0 Å². The lowest BCUT2D eigenvalue weighted by Crippen LogP contribution is -2.17. The highest BCUT2D eigenvalue weighted by atomic mass is 16.5. The van der Waals surface area contributed by atoms with E-state index in [1.807, 2.05) is 0 Å². The summed E-state index contributed by atoms with van der Waals surface area (Å²) < 4.78 is 4.87. The standard InChI is InChI=1S/C13H15N3O/c14-13-12(9-15-17-13)10-3-5-11(6-4-10)16-7-1-2-8-16/h3-6,9H,1-2,7-8,14H2. The molecule has 0 radical (unpaired) electrons. The molecular formula is C13H15N3O. The zero-order valence-electron chi connectivity index (χ0n) is 9.60. The van der Waals surface area contributed by atoms with Crippen LogP contribution in [0.2, 0.25) is 0 Å². The molecule has 4 nitrogen and oxygen atoms in total. The first-order valence-electron chi connectivity index (χ1n) is 5.90. The second-order valence-corrected chi connectivity index (χ2v) is 4.34. The highest BCUT2D eigenvalue weighted by Gasteiger charge is 2.13. The first-order chi connectivity index (χ1) is 8.34. The number of anilines is 2. The minimum atomic E-state index is 0.374. The summed E-state index contributed by atoms with van der Waals surface area (Å²) in [4.78, 5) is 2.40. The Bertz CT molecular complexity index is 498. The Labute approximate surface area is 100 Å². The van der Waals surface area contributed by atoms with Crippen LogP contribution in [0, 0.1) is 0 Å². The summed E-state index contributed by atoms with van der Waals surface area (Å²) in [6.07, 6.45) is 4.24. The number of hydrogen-bond donors (Lipinski definition) is 1. The summed E-state index contributed by atoms with van der Waals surface area (Å²) in [5, 5.41) is 3.69. The summed E-state index contributed by atoms with van der Waals surface area (Å²) in [7, 11) is 0. The molecule has 1 aliphatic heterocycles. The van der Waals surface area contributed by atoms with Crippen LogP contribution < -0.4 is 10.6 Å². The number of nitrogen functional groups attached to an aromatic ring is 1. The number of rotatable bonds is 2. The Morgan fingerprint density at radius 3 is 2.41 bits per heavy atom. The van der Waals surface area contributed by atoms with Crippen molar-refractivity contribution in [3.63, 3.8) is 0 Å². The van der Waals surface area contributed by atoms with Crippen LogP contribution in [0.5, 0.6) is 0 Å². The molecule has 0 unspecified atom stereocenters. The van der Waals surface area contributed by atoms with E-state index in [2.05, 4.69) is 34.3 Å². The van der Waals surface area contributed by atoms with E-state index in [-0.39, 0.29) is 0 Å². The average molecular weight is 229 g/mol. The maximum Gasteiger partial charge on any atom is 0.229 e. The topological polar surface area (TPSA) is 55.3 Å². The van der Waals surface area contributed by atoms with Crippen LogP contribution in [-0.2, 0) is 0 Å². The van der Waals surface area contributed by atoms with Gasteiger partial charge in [0.15, 0.2) is 0 Å². The second kappa shape index (κ2) is 4.13. The molecule has 17 heavy (non-hydrogen) atoms. The predicted octanol–water partition coefficient (Wildman–Crippen LogP) is 2.52. The molecule has 0 spiro atoms. The number of nitrogens with zero attached hydrogens (tertiary/aromatic N) is 2. The van der Waals surface area contributed by atoms with Gasteiger partial charge in [0.25, 0.3) is 0 Å². The van der Waals surface area contributed by atoms with Crippen LogP contribution in [0.3, 0.4) is 0 Å². The molecule has 2 aromatic rings. The van der Waals surface area contributed by atoms with Crippen molar-refractivity contribution in [2.75, 3.05) is 23.7 Å². The van der Waals surface area contributed by atoms with Crippen LogP contribution in [-0.4, -0.2) is 18.2 Å². The van der Waals surface area contributed by atoms with Crippen LogP contribution in [0.15, 0.2) is 35.0 Å². The molecule has 0 atom stereocenters. The Kier molecular flexibility index (Phi) is 2.48. The molecule has 1 aromatic heterocycles. The second-order valence-electron chi connectivity index (χ2n) is 4.34. The van der Waals surface area contributed by atoms with Crippen molar-refractivity contribution in [1.29, 1.82) is 0 Å². The van der Waals surface area contributed by atoms with E-state index < -0.39 is 0 Å². The summed E-state index contributed by atoms with van der Waals surface area (Å²) in [5.74, 6) is 0.374. The van der Waals surface area contributed by atoms with Gasteiger partial charge in [-0.25, -0.2) is 0 Å². The van der Waals surface area contributed by atoms with Crippen LogP contribution in [0.25, 0.3) is 11.1 Å². The highest BCUT2D eigenvalue weighted by Crippen LogP contribution is 2.28. The van der Waals surface area contributed by atoms with Crippen molar-refractivity contribution in [2.45, 2.75) is 12.8 Å². The molecule has 0 amide bonds. The molecule has 1 aliphatic rings. The molecule has 1 saturated heterocycles. The normalized spacial score (nSPS) is 15.4. The fourth-order valence-electron chi connectivity index (χ4n) is 2.29. The molecule has 1 aromatic carbocycles. The Balaban J connectivity index is 1.87. The number of benzene rings is 1. The van der Waals surface area contributed by atoms with E-state index in [0.29, 0.717) is 5.88 Å². The quantitative estimate of drug-likeness (QED) is 0.859. The van der Waals surface area contributed by atoms with Crippen molar-refractivity contribution >= 4 is 11.6 Å². The molecule has 2 N–H and O–H groups in total. The highest BCUT2D eigenvalue weighted by molar-refractivity contribution is 5.73. The predicted molar refractivity (Wildman–Crippen MR) is 67.8 cm³/mol. The van der Waals surface area contributed by atoms with Gasteiger partial charge in [-0.05, 0) is 30.5 Å². The SMILES string of the molecule is Nc1oncc1-c1ccc(N2CCCC2)cc1. The molecule has 0 saturated carbocycles. The number of nitrogens with two attached hydrogens (primary N) is 1. The lowest BCUT2D eigenvalue weighted by molar-refractivity contribution is 0.436. The summed E-state index contributed by atoms with van der Waals surface area (Å²) >= 11 is 0. The fourth-order valence-corrected chi connectivity index (χ4v) is 2.29. The van der Waals surface area contributed by atoms with Crippen LogP contribution in [0.4, 0.5) is 11.6 Å². The Morgan fingerprint density at radius 2 is 1.82 bits per heavy atom. The van der Waals surface area contributed by atoms with E-state index in [4.69, 9.17) is 10.3 Å². The third-order valence-electron chi connectivity index (χ3n) is 3.25. The summed E-state index contributed by atoms with van der Waals surface area (Å²) in [5.41, 5.74) is 8.88. The molecular weight excluding hydrogens is 214 g/mol. The zero-order valence-corrected chi connectivity index (χ0v) is 9.60. The maximum absolute atomic E-state index is 5.69. The van der Waals surface area contributed by atoms with Gasteiger partial charge < -0.3 is 15.2 Å². The van der Waals surface area contributed by atoms with E-state index in [9.17, 15) is 0 Å². The van der Waals surface area contributed by atoms with Crippen molar-refractivity contribution in [3.05, 3.63) is 30.5 Å². The molecule has 0 aliphatic carbocycles. The van der Waals surface area contributed by atoms with Gasteiger partial charge in [0.1, 0.15) is 0 Å². The van der Waals surface area contributed by atoms with E-state index >= 15 is 0 Å². The van der Waals surface area contributed by atoms with Crippen LogP contribution in [0.1, 0.15) is 12.8 Å². The van der Waals surface area contributed by atoms with Gasteiger partial charge in [0.05, 0.1) is 11.8 Å². The van der Waals surface area contributed by atoms with Gasteiger partial charge >= 0.3 is 0 Å². The minimum Gasteiger partial charge on any atom is -0.372 e. The molecule has 1 fully saturated rings. The first-order valence-corrected chi connectivity index (χ1v) is 5.90. The lowest BCUT2D eigenvalue weighted by atomic mass is 10.1. The lowest BCUT2D eigenvalue weighted by Gasteiger charge is -2.17. The largest absolute Gasteiger partial charge is 0.372 e. The average Bonchev–Trinajstić information content (AvgIpc) is 3.00. The van der Waals surface area contributed by atoms with Crippen molar-refractivity contribution in [1.82, 2.24) is 5.16 Å². The van der Waals surface area contributed by atoms with Crippen molar-refractivity contribution in [2.24, 2.45) is 0 Å². The Morgan fingerprint density at radius 1 is 1.12 bits per heavy atom. The van der Waals surface area contributed by atoms with E-state index in [1.54, 1.807) is 6.20 Å². The molecule has 88 valence electrons. The van der Waals surface area contributed by atoms with Gasteiger partial charge in [0.2, 0.25) is 5.88 Å². The molecule has 0 bridgehead atoms. The van der Waals surface area contributed by atoms with Crippen LogP contribution >= 0.6 is 0 Å². The first kappa shape index (κ1) is 10.2. The van der Waals surface area contributed by atoms with Gasteiger partial charge in [-0.3, -0.25) is 0 Å². The van der Waals surface area contributed by atoms with Crippen molar-refractivity contribution in [3.8, 4) is 11.1 Å². The smallest absolute Gasteiger partial charge is 0.229 e. The van der Waals surface area contributed by atoms with E-state index in [1.165, 1.54) is 18.5 Å². The van der Waals surface area contributed by atoms with Gasteiger partial charge in [-0.1, -0.05) is 17.3 Å². The zero-order chi connectivity index (χ0) is 11.7. The molecule has 2 heterocycles. The third kappa shape index (κ3) is 1.86. The van der Waals surface area contributed by atoms with Crippen molar-refractivity contribution < 1.29 is 4.52 Å². The van der Waals surface area contributed by atoms with Gasteiger partial charge in [0, 0.05) is 18.8 Å². The fraction of sp³-hybridized carbons (Fsp3) is 0.308. The minimum absolute atomic E-state index is 0.374. The summed E-state index contributed by atoms with van der Waals surface area (Å²) in [6, 6.07) is 8.40. The number of hydrogen-bond acceptors (Lipinski definition) is 4. The third-order valence-corrected chi connectivity index (χ3v) is 3.25. The maximum atomic E-state index is 5.69. The Hall–Kier alpha value is -1.97. The molecule has 4 heteroatoms. The van der Waals surface area contributed by atoms with Gasteiger partial charge in [-0.15, -0.1) is 0 Å². The molecule has 3 rings (SSSR count). The number of aromatic nitrogens is 1. The summed E-state index contributed by atoms with van der Waals surface area (Å²) in [6.45, 7) is 2.32.